The van der Waals surface area contributed by atoms with Crippen molar-refractivity contribution in [2.45, 2.75) is 110 Å². The van der Waals surface area contributed by atoms with Crippen molar-refractivity contribution in [1.29, 1.82) is 0 Å². The monoisotopic (exact) mass is 1250 g/mol. The summed E-state index contributed by atoms with van der Waals surface area (Å²) < 4.78 is 44.3. The summed E-state index contributed by atoms with van der Waals surface area (Å²) in [4.78, 5) is 91.1. The number of aromatic nitrogens is 14. The molecule has 0 bridgehead atoms. The van der Waals surface area contributed by atoms with Crippen LogP contribution in [0.4, 0.5) is 44.7 Å². The average molecular weight is 1250 g/mol. The van der Waals surface area contributed by atoms with Crippen LogP contribution in [0.3, 0.4) is 0 Å². The molecule has 0 atom stereocenters. The van der Waals surface area contributed by atoms with Gasteiger partial charge in [-0.3, -0.25) is 28.9 Å². The van der Waals surface area contributed by atoms with Crippen molar-refractivity contribution in [3.63, 3.8) is 0 Å². The Hall–Kier alpha value is -8.98. The molecule has 34 heteroatoms. The summed E-state index contributed by atoms with van der Waals surface area (Å²) in [6.07, 6.45) is 14.0. The Morgan fingerprint density at radius 3 is 1.57 bits per heavy atom. The summed E-state index contributed by atoms with van der Waals surface area (Å²) in [6.45, 7) is 16.9. The molecule has 0 saturated carbocycles. The van der Waals surface area contributed by atoms with Gasteiger partial charge in [-0.25, -0.2) is 53.3 Å². The fourth-order valence-corrected chi connectivity index (χ4v) is 9.99. The van der Waals surface area contributed by atoms with Crippen molar-refractivity contribution in [2.24, 2.45) is 21.1 Å². The van der Waals surface area contributed by atoms with Crippen molar-refractivity contribution in [3.8, 4) is 11.3 Å². The first-order chi connectivity index (χ1) is 42.6. The number of anilines is 7. The van der Waals surface area contributed by atoms with Crippen LogP contribution in [0.25, 0.3) is 11.3 Å². The second-order valence-corrected chi connectivity index (χ2v) is 23.4. The SMILES string of the molecule is CC1(C)OB(B2OC(C)(C)C(C)(C)O2)OC1(C)C.Cn1nc(-c2ccnc(N3CCn4c5c(c(F)c4C3=O)CCCC5)c2C=O)cc(Nc2ccncn2)c1=O.Cn1nc(B(O)O)cc(Nc2ccncn2)c1=O.Cn1nc(Cl)cc(Nc2ccncn2)c1=O. The van der Waals surface area contributed by atoms with Crippen LogP contribution in [-0.2, 0) is 59.1 Å². The van der Waals surface area contributed by atoms with Gasteiger partial charge in [0.1, 0.15) is 65.0 Å². The van der Waals surface area contributed by atoms with Gasteiger partial charge in [0, 0.05) is 81.9 Å². The molecular weight excluding hydrogens is 1190 g/mol. The van der Waals surface area contributed by atoms with E-state index >= 15 is 4.39 Å². The van der Waals surface area contributed by atoms with Crippen molar-refractivity contribution in [2.75, 3.05) is 27.4 Å². The summed E-state index contributed by atoms with van der Waals surface area (Å²) in [7, 11) is 1.74. The van der Waals surface area contributed by atoms with Gasteiger partial charge in [0.15, 0.2) is 17.3 Å². The van der Waals surface area contributed by atoms with Gasteiger partial charge in [-0.1, -0.05) is 11.6 Å². The van der Waals surface area contributed by atoms with E-state index in [4.69, 9.17) is 40.3 Å². The molecular formula is C56H65B3ClFN18O11. The standard InChI is InChI=1S/C26H23FN8O3.C12H24B2O4.C9H10BN5O3.C9H8ClN5O/c1-33-25(37)19(31-21-7-8-28-14-30-21)12-18(32-33)15-6-9-29-24(17(15)13-36)35-11-10-34-20-5-3-2-4-16(20)22(27)23(34)26(35)38;1-9(2)10(3,4)16-13(15-9)14-17-11(5,6)12(7,8)18-14;1-15-9(16)6(4-7(14-15)10(17)18)13-8-2-3-11-5-12-8;1-15-9(16)6(4-7(10)14-15)13-8-2-3-11-5-12-8/h6-9,12-14H,2-5,10-11H2,1H3,(H,28,30,31);1-8H3;2-5,17-18H,1H3,(H,11,12,13);2-5H,1H3,(H,11,12,13). The molecule has 1 aliphatic carbocycles. The summed E-state index contributed by atoms with van der Waals surface area (Å²) >= 11 is 5.74. The van der Waals surface area contributed by atoms with Gasteiger partial charge in [0.25, 0.3) is 22.6 Å². The number of aldehydes is 1. The number of nitrogens with zero attached hydrogens (tertiary/aromatic N) is 15. The molecule has 0 unspecified atom stereocenters. The van der Waals surface area contributed by atoms with Gasteiger partial charge in [-0.05, 0) is 117 Å². The summed E-state index contributed by atoms with van der Waals surface area (Å²) in [5.74, 6) is 0.468. The van der Waals surface area contributed by atoms with E-state index in [1.54, 1.807) is 35.0 Å². The largest absolute Gasteiger partial charge is 0.510 e. The van der Waals surface area contributed by atoms with Gasteiger partial charge in [0.05, 0.1) is 39.3 Å². The highest BCUT2D eigenvalue weighted by Gasteiger charge is 2.63. The number of rotatable bonds is 11. The predicted molar refractivity (Wildman–Crippen MR) is 333 cm³/mol. The van der Waals surface area contributed by atoms with Crippen LogP contribution in [-0.4, -0.2) is 141 Å². The minimum atomic E-state index is -1.75. The van der Waals surface area contributed by atoms with Gasteiger partial charge in [0.2, 0.25) is 0 Å². The molecule has 1 amide bonds. The van der Waals surface area contributed by atoms with Crippen molar-refractivity contribution in [3.05, 3.63) is 151 Å². The maximum absolute atomic E-state index is 15.4. The zero-order chi connectivity index (χ0) is 65.0. The first-order valence-electron chi connectivity index (χ1n) is 28.3. The topological polar surface area (TPSA) is 351 Å². The maximum atomic E-state index is 15.4. The number of fused-ring (bicyclic) bond motifs is 3. The third-order valence-electron chi connectivity index (χ3n) is 15.9. The van der Waals surface area contributed by atoms with E-state index in [-0.39, 0.29) is 73.7 Å². The van der Waals surface area contributed by atoms with Gasteiger partial charge in [-0.15, -0.1) is 0 Å². The van der Waals surface area contributed by atoms with E-state index in [1.807, 2.05) is 55.4 Å². The van der Waals surface area contributed by atoms with Crippen LogP contribution in [0, 0.1) is 5.82 Å². The lowest BCUT2D eigenvalue weighted by Gasteiger charge is -2.32. The number of aryl methyl sites for hydroxylation is 3. The lowest BCUT2D eigenvalue weighted by Crippen LogP contribution is -2.42. The lowest BCUT2D eigenvalue weighted by atomic mass is 9.49. The predicted octanol–water partition coefficient (Wildman–Crippen LogP) is 3.88. The van der Waals surface area contributed by atoms with Crippen LogP contribution in [0.15, 0.2) is 101 Å². The van der Waals surface area contributed by atoms with Crippen LogP contribution >= 0.6 is 11.6 Å². The number of pyridine rings is 1. The molecule has 2 saturated heterocycles. The lowest BCUT2D eigenvalue weighted by molar-refractivity contribution is 0.00578. The molecule has 8 aromatic rings. The highest BCUT2D eigenvalue weighted by molar-refractivity contribution is 7.11. The molecule has 4 aliphatic rings. The summed E-state index contributed by atoms with van der Waals surface area (Å²) in [5.41, 5.74) is 0.434. The minimum absolute atomic E-state index is 0.0174. The molecule has 0 aromatic carbocycles. The Labute approximate surface area is 520 Å². The van der Waals surface area contributed by atoms with Gasteiger partial charge < -0.3 is 49.2 Å². The van der Waals surface area contributed by atoms with Gasteiger partial charge in [-0.2, -0.15) is 15.3 Å². The van der Waals surface area contributed by atoms with Crippen LogP contribution < -0.4 is 43.1 Å². The zero-order valence-electron chi connectivity index (χ0n) is 51.2. The number of halogens is 2. The third kappa shape index (κ3) is 14.1. The Morgan fingerprint density at radius 1 is 0.622 bits per heavy atom. The normalized spacial score (nSPS) is 16.4. The van der Waals surface area contributed by atoms with Gasteiger partial charge >= 0.3 is 21.1 Å². The molecule has 12 rings (SSSR count). The van der Waals surface area contributed by atoms with Crippen LogP contribution in [0.1, 0.15) is 100 Å². The smallest absolute Gasteiger partial charge is 0.422 e. The van der Waals surface area contributed by atoms with E-state index in [2.05, 4.69) is 66.1 Å². The highest BCUT2D eigenvalue weighted by atomic mass is 35.5. The molecule has 8 aromatic heterocycles. The quantitative estimate of drug-likeness (QED) is 0.0906. The number of hydrogen-bond donors (Lipinski definition) is 5. The Bertz CT molecular complexity index is 4060. The maximum Gasteiger partial charge on any atom is 0.510 e. The third-order valence-corrected chi connectivity index (χ3v) is 16.0. The summed E-state index contributed by atoms with van der Waals surface area (Å²) in [5, 5.41) is 38.7. The number of amides is 1. The second kappa shape index (κ2) is 26.6. The molecule has 2 fully saturated rings. The molecule has 5 N–H and O–H groups in total. The van der Waals surface area contributed by atoms with Crippen molar-refractivity contribution >= 4 is 90.9 Å². The van der Waals surface area contributed by atoms with E-state index in [0.717, 1.165) is 39.0 Å². The van der Waals surface area contributed by atoms with E-state index in [0.29, 0.717) is 59.2 Å². The number of carbonyl (C=O) groups is 2. The number of nitrogens with one attached hydrogen (secondary N) is 3. The second-order valence-electron chi connectivity index (χ2n) is 23.0. The number of hydrogen-bond acceptors (Lipinski definition) is 24. The van der Waals surface area contributed by atoms with E-state index in [1.165, 1.54) is 81.8 Å². The average Bonchev–Trinajstić information content (AvgIpc) is 1.61. The minimum Gasteiger partial charge on any atom is -0.422 e. The van der Waals surface area contributed by atoms with E-state index in [9.17, 15) is 24.0 Å². The Kier molecular flexibility index (Phi) is 19.4. The fraction of sp³-hybridized carbons (Fsp3) is 0.375. The Morgan fingerprint density at radius 2 is 1.09 bits per heavy atom. The number of carbonyl (C=O) groups excluding carboxylic acids is 2. The van der Waals surface area contributed by atoms with Crippen molar-refractivity contribution < 1.29 is 42.6 Å². The first-order valence-corrected chi connectivity index (χ1v) is 28.7. The first kappa shape index (κ1) is 65.5. The molecule has 468 valence electrons. The summed E-state index contributed by atoms with van der Waals surface area (Å²) in [6, 6.07) is 10.6. The molecule has 29 nitrogen and oxygen atoms in total. The zero-order valence-corrected chi connectivity index (χ0v) is 51.9. The molecule has 0 spiro atoms. The Balaban J connectivity index is 0.000000155. The van der Waals surface area contributed by atoms with Crippen LogP contribution in [0.2, 0.25) is 5.15 Å². The van der Waals surface area contributed by atoms with E-state index < -0.39 is 44.0 Å². The van der Waals surface area contributed by atoms with Crippen LogP contribution in [0.5, 0.6) is 0 Å². The molecule has 3 aliphatic heterocycles. The molecule has 90 heavy (non-hydrogen) atoms. The molecule has 11 heterocycles. The van der Waals surface area contributed by atoms with Crippen molar-refractivity contribution in [1.82, 2.24) is 68.8 Å². The highest BCUT2D eigenvalue weighted by Crippen LogP contribution is 2.43. The molecule has 0 radical (unpaired) electrons. The fourth-order valence-electron chi connectivity index (χ4n) is 9.77.